The number of hydrogen-bond donors (Lipinski definition) is 1. The van der Waals surface area contributed by atoms with E-state index in [0.29, 0.717) is 10.9 Å². The van der Waals surface area contributed by atoms with E-state index in [1.165, 1.54) is 6.07 Å². The van der Waals surface area contributed by atoms with Crippen LogP contribution in [0.25, 0.3) is 0 Å². The normalized spacial score (nSPS) is 12.5. The third-order valence-electron chi connectivity index (χ3n) is 3.45. The molecule has 1 atom stereocenters. The molecule has 19 heavy (non-hydrogen) atoms. The minimum atomic E-state index is -0.627. The summed E-state index contributed by atoms with van der Waals surface area (Å²) in [6.45, 7) is 4.01. The molecule has 0 aromatic heterocycles. The molecule has 0 bridgehead atoms. The molecule has 0 heterocycles. The van der Waals surface area contributed by atoms with Crippen molar-refractivity contribution in [3.05, 3.63) is 68.9 Å². The van der Waals surface area contributed by atoms with E-state index in [4.69, 9.17) is 0 Å². The SMILES string of the molecule is Cc1cccc(C(O)Cc2cccc(F)c2Br)c1C. The highest BCUT2D eigenvalue weighted by Crippen LogP contribution is 2.28. The Morgan fingerprint density at radius 3 is 2.58 bits per heavy atom. The Hall–Kier alpha value is -1.19. The highest BCUT2D eigenvalue weighted by atomic mass is 79.9. The molecule has 0 amide bonds. The van der Waals surface area contributed by atoms with E-state index in [0.717, 1.165) is 22.3 Å². The lowest BCUT2D eigenvalue weighted by Gasteiger charge is -2.16. The number of rotatable bonds is 3. The Bertz CT molecular complexity index is 595. The van der Waals surface area contributed by atoms with E-state index >= 15 is 0 Å². The van der Waals surface area contributed by atoms with Gasteiger partial charge in [-0.25, -0.2) is 4.39 Å². The lowest BCUT2D eigenvalue weighted by Crippen LogP contribution is -2.05. The summed E-state index contributed by atoms with van der Waals surface area (Å²) >= 11 is 3.23. The van der Waals surface area contributed by atoms with Gasteiger partial charge >= 0.3 is 0 Å². The maximum atomic E-state index is 13.4. The first-order chi connectivity index (χ1) is 9.00. The number of benzene rings is 2. The topological polar surface area (TPSA) is 20.2 Å². The van der Waals surface area contributed by atoms with Crippen molar-refractivity contribution in [3.63, 3.8) is 0 Å². The van der Waals surface area contributed by atoms with Crippen LogP contribution in [-0.4, -0.2) is 5.11 Å². The molecular formula is C16H16BrFO. The third kappa shape index (κ3) is 3.04. The molecule has 0 aliphatic heterocycles. The summed E-state index contributed by atoms with van der Waals surface area (Å²) < 4.78 is 13.9. The van der Waals surface area contributed by atoms with Crippen molar-refractivity contribution in [1.82, 2.24) is 0 Å². The van der Waals surface area contributed by atoms with Gasteiger partial charge in [-0.1, -0.05) is 30.3 Å². The van der Waals surface area contributed by atoms with Crippen LogP contribution in [0.15, 0.2) is 40.9 Å². The summed E-state index contributed by atoms with van der Waals surface area (Å²) in [7, 11) is 0. The molecule has 0 saturated carbocycles. The highest BCUT2D eigenvalue weighted by molar-refractivity contribution is 9.10. The molecule has 0 radical (unpaired) electrons. The Morgan fingerprint density at radius 1 is 1.16 bits per heavy atom. The Kier molecular flexibility index (Phi) is 4.38. The third-order valence-corrected chi connectivity index (χ3v) is 4.34. The van der Waals surface area contributed by atoms with Crippen molar-refractivity contribution >= 4 is 15.9 Å². The zero-order valence-corrected chi connectivity index (χ0v) is 12.5. The fraction of sp³-hybridized carbons (Fsp3) is 0.250. The van der Waals surface area contributed by atoms with Crippen LogP contribution in [0.1, 0.15) is 28.4 Å². The first-order valence-corrected chi connectivity index (χ1v) is 6.97. The van der Waals surface area contributed by atoms with Crippen LogP contribution in [0.4, 0.5) is 4.39 Å². The van der Waals surface area contributed by atoms with E-state index in [2.05, 4.69) is 15.9 Å². The highest BCUT2D eigenvalue weighted by Gasteiger charge is 2.15. The van der Waals surface area contributed by atoms with Crippen molar-refractivity contribution in [3.8, 4) is 0 Å². The van der Waals surface area contributed by atoms with Crippen molar-refractivity contribution in [1.29, 1.82) is 0 Å². The molecule has 1 nitrogen and oxygen atoms in total. The minimum absolute atomic E-state index is 0.300. The van der Waals surface area contributed by atoms with E-state index < -0.39 is 6.10 Å². The quantitative estimate of drug-likeness (QED) is 0.883. The predicted molar refractivity (Wildman–Crippen MR) is 78.7 cm³/mol. The fourth-order valence-corrected chi connectivity index (χ4v) is 2.59. The van der Waals surface area contributed by atoms with Crippen LogP contribution in [0.3, 0.4) is 0 Å². The average Bonchev–Trinajstić information content (AvgIpc) is 2.38. The summed E-state index contributed by atoms with van der Waals surface area (Å²) in [6.07, 6.45) is -0.235. The predicted octanol–water partition coefficient (Wildman–Crippen LogP) is 4.48. The zero-order valence-electron chi connectivity index (χ0n) is 11.0. The van der Waals surface area contributed by atoms with Gasteiger partial charge in [0.2, 0.25) is 0 Å². The second-order valence-corrected chi connectivity index (χ2v) is 5.51. The molecule has 100 valence electrons. The molecule has 0 aliphatic rings. The summed E-state index contributed by atoms with van der Waals surface area (Å²) in [6, 6.07) is 10.7. The van der Waals surface area contributed by atoms with Crippen molar-refractivity contribution < 1.29 is 9.50 Å². The molecule has 2 aromatic rings. The van der Waals surface area contributed by atoms with Crippen molar-refractivity contribution in [2.45, 2.75) is 26.4 Å². The molecule has 1 N–H and O–H groups in total. The van der Waals surface area contributed by atoms with Gasteiger partial charge in [0.1, 0.15) is 5.82 Å². The van der Waals surface area contributed by atoms with Crippen LogP contribution < -0.4 is 0 Å². The van der Waals surface area contributed by atoms with Crippen LogP contribution in [0, 0.1) is 19.7 Å². The Morgan fingerprint density at radius 2 is 1.84 bits per heavy atom. The van der Waals surface area contributed by atoms with Crippen LogP contribution in [0.2, 0.25) is 0 Å². The van der Waals surface area contributed by atoms with Gasteiger partial charge in [-0.3, -0.25) is 0 Å². The molecule has 2 rings (SSSR count). The van der Waals surface area contributed by atoms with Gasteiger partial charge in [-0.05, 0) is 58.1 Å². The van der Waals surface area contributed by atoms with E-state index in [1.54, 1.807) is 6.07 Å². The molecule has 0 spiro atoms. The van der Waals surface area contributed by atoms with Gasteiger partial charge in [0, 0.05) is 6.42 Å². The first kappa shape index (κ1) is 14.2. The molecule has 0 aliphatic carbocycles. The second-order valence-electron chi connectivity index (χ2n) is 4.72. The van der Waals surface area contributed by atoms with Crippen molar-refractivity contribution in [2.24, 2.45) is 0 Å². The minimum Gasteiger partial charge on any atom is -0.388 e. The van der Waals surface area contributed by atoms with E-state index in [9.17, 15) is 9.50 Å². The van der Waals surface area contributed by atoms with Gasteiger partial charge < -0.3 is 5.11 Å². The second kappa shape index (κ2) is 5.85. The molecule has 0 saturated heterocycles. The Labute approximate surface area is 121 Å². The maximum absolute atomic E-state index is 13.4. The summed E-state index contributed by atoms with van der Waals surface area (Å²) in [5.41, 5.74) is 3.90. The smallest absolute Gasteiger partial charge is 0.137 e. The first-order valence-electron chi connectivity index (χ1n) is 6.17. The van der Waals surface area contributed by atoms with Crippen molar-refractivity contribution in [2.75, 3.05) is 0 Å². The number of aliphatic hydroxyl groups is 1. The maximum Gasteiger partial charge on any atom is 0.137 e. The van der Waals surface area contributed by atoms with Crippen LogP contribution >= 0.6 is 15.9 Å². The monoisotopic (exact) mass is 322 g/mol. The number of aliphatic hydroxyl groups excluding tert-OH is 1. The van der Waals surface area contributed by atoms with Gasteiger partial charge in [-0.2, -0.15) is 0 Å². The van der Waals surface area contributed by atoms with Crippen LogP contribution in [-0.2, 0) is 6.42 Å². The summed E-state index contributed by atoms with van der Waals surface area (Å²) in [5.74, 6) is -0.300. The summed E-state index contributed by atoms with van der Waals surface area (Å²) in [5, 5.41) is 10.4. The summed E-state index contributed by atoms with van der Waals surface area (Å²) in [4.78, 5) is 0. The average molecular weight is 323 g/mol. The zero-order chi connectivity index (χ0) is 14.0. The molecule has 2 aromatic carbocycles. The molecule has 0 fully saturated rings. The fourth-order valence-electron chi connectivity index (χ4n) is 2.16. The molecule has 1 unspecified atom stereocenters. The van der Waals surface area contributed by atoms with E-state index in [-0.39, 0.29) is 5.82 Å². The lowest BCUT2D eigenvalue weighted by molar-refractivity contribution is 0.177. The standard InChI is InChI=1S/C16H16BrFO/c1-10-5-3-7-13(11(10)2)15(19)9-12-6-4-8-14(18)16(12)17/h3-8,15,19H,9H2,1-2H3. The molecule has 3 heteroatoms. The van der Waals surface area contributed by atoms with Gasteiger partial charge in [0.25, 0.3) is 0 Å². The lowest BCUT2D eigenvalue weighted by atomic mass is 9.95. The Balaban J connectivity index is 2.28. The van der Waals surface area contributed by atoms with Gasteiger partial charge in [-0.15, -0.1) is 0 Å². The van der Waals surface area contributed by atoms with Gasteiger partial charge in [0.05, 0.1) is 10.6 Å². The number of aryl methyl sites for hydroxylation is 1. The largest absolute Gasteiger partial charge is 0.388 e. The number of hydrogen-bond acceptors (Lipinski definition) is 1. The van der Waals surface area contributed by atoms with Crippen LogP contribution in [0.5, 0.6) is 0 Å². The van der Waals surface area contributed by atoms with Gasteiger partial charge in [0.15, 0.2) is 0 Å². The number of halogens is 2. The molecular weight excluding hydrogens is 307 g/mol. The van der Waals surface area contributed by atoms with E-state index in [1.807, 2.05) is 38.1 Å².